The van der Waals surface area contributed by atoms with E-state index >= 15 is 0 Å². The molecule has 5 rings (SSSR count). The standard InChI is InChI=1S/C28H39N3O5/c1-27-15-16-28(36-27)22(21(27)24(33)29-19-11-5-2-6-12-19)26(35)31(17-9-4-10-18-32)23(28)25(34)30-20-13-7-3-8-14-20/h2,5-6,11-12,20-23,32H,3-4,7-10,13-18H2,1H3,(H,29,33)(H,30,34)/t21-,22+,23?,27+,28?/m1/s1. The highest BCUT2D eigenvalue weighted by Gasteiger charge is 2.77. The lowest BCUT2D eigenvalue weighted by Crippen LogP contribution is -2.57. The van der Waals surface area contributed by atoms with Gasteiger partial charge in [0, 0.05) is 24.9 Å². The van der Waals surface area contributed by atoms with Gasteiger partial charge in [0.25, 0.3) is 0 Å². The third-order valence-electron chi connectivity index (χ3n) is 8.86. The van der Waals surface area contributed by atoms with Gasteiger partial charge in [-0.2, -0.15) is 0 Å². The van der Waals surface area contributed by atoms with Crippen LogP contribution < -0.4 is 10.6 Å². The fourth-order valence-corrected chi connectivity index (χ4v) is 7.21. The van der Waals surface area contributed by atoms with Crippen molar-refractivity contribution in [2.24, 2.45) is 11.8 Å². The van der Waals surface area contributed by atoms with Gasteiger partial charge in [-0.1, -0.05) is 37.5 Å². The Balaban J connectivity index is 1.43. The number of benzene rings is 1. The van der Waals surface area contributed by atoms with Crippen molar-refractivity contribution in [3.8, 4) is 0 Å². The van der Waals surface area contributed by atoms with E-state index in [9.17, 15) is 19.5 Å². The summed E-state index contributed by atoms with van der Waals surface area (Å²) < 4.78 is 6.67. The summed E-state index contributed by atoms with van der Waals surface area (Å²) in [5, 5.41) is 15.4. The number of aliphatic hydroxyl groups excluding tert-OH is 1. The second-order valence-corrected chi connectivity index (χ2v) is 11.2. The largest absolute Gasteiger partial charge is 0.396 e. The third-order valence-corrected chi connectivity index (χ3v) is 8.86. The number of anilines is 1. The summed E-state index contributed by atoms with van der Waals surface area (Å²) in [7, 11) is 0. The third kappa shape index (κ3) is 4.32. The number of nitrogens with zero attached hydrogens (tertiary/aromatic N) is 1. The monoisotopic (exact) mass is 497 g/mol. The van der Waals surface area contributed by atoms with Gasteiger partial charge in [-0.15, -0.1) is 0 Å². The highest BCUT2D eigenvalue weighted by molar-refractivity contribution is 6.02. The highest BCUT2D eigenvalue weighted by Crippen LogP contribution is 2.63. The molecular weight excluding hydrogens is 458 g/mol. The van der Waals surface area contributed by atoms with Crippen LogP contribution >= 0.6 is 0 Å². The van der Waals surface area contributed by atoms with Gasteiger partial charge < -0.3 is 25.4 Å². The van der Waals surface area contributed by atoms with Crippen LogP contribution in [-0.2, 0) is 19.1 Å². The molecule has 196 valence electrons. The molecule has 1 aromatic carbocycles. The maximum atomic E-state index is 14.0. The minimum Gasteiger partial charge on any atom is -0.396 e. The minimum absolute atomic E-state index is 0.106. The SMILES string of the molecule is C[C@@]12CCC3(O1)C(C(=O)NC1CCCCC1)N(CCCCCO)C(=O)[C@@H]3[C@@H]2C(=O)Nc1ccccc1. The number of hydrogen-bond acceptors (Lipinski definition) is 5. The molecule has 3 amide bonds. The van der Waals surface area contributed by atoms with E-state index in [4.69, 9.17) is 4.74 Å². The van der Waals surface area contributed by atoms with Crippen molar-refractivity contribution < 1.29 is 24.2 Å². The number of carbonyl (C=O) groups excluding carboxylic acids is 3. The molecule has 5 atom stereocenters. The van der Waals surface area contributed by atoms with E-state index in [1.165, 1.54) is 6.42 Å². The molecule has 1 aromatic rings. The predicted molar refractivity (Wildman–Crippen MR) is 135 cm³/mol. The molecule has 3 saturated heterocycles. The average Bonchev–Trinajstić information content (AvgIpc) is 3.44. The van der Waals surface area contributed by atoms with Gasteiger partial charge >= 0.3 is 0 Å². The number of fused-ring (bicyclic) bond motifs is 1. The summed E-state index contributed by atoms with van der Waals surface area (Å²) in [6.45, 7) is 2.45. The topological polar surface area (TPSA) is 108 Å². The molecule has 1 saturated carbocycles. The molecular formula is C28H39N3O5. The number of hydrogen-bond donors (Lipinski definition) is 3. The van der Waals surface area contributed by atoms with E-state index in [1.54, 1.807) is 4.90 Å². The Morgan fingerprint density at radius 3 is 2.53 bits per heavy atom. The van der Waals surface area contributed by atoms with Crippen LogP contribution in [0.3, 0.4) is 0 Å². The molecule has 3 heterocycles. The number of carbonyl (C=O) groups is 3. The maximum absolute atomic E-state index is 14.0. The summed E-state index contributed by atoms with van der Waals surface area (Å²) in [5.74, 6) is -1.86. The minimum atomic E-state index is -0.986. The van der Waals surface area contributed by atoms with E-state index < -0.39 is 29.1 Å². The first-order valence-corrected chi connectivity index (χ1v) is 13.7. The number of nitrogens with one attached hydrogen (secondary N) is 2. The van der Waals surface area contributed by atoms with Crippen LogP contribution in [0.2, 0.25) is 0 Å². The molecule has 4 aliphatic rings. The Morgan fingerprint density at radius 2 is 1.81 bits per heavy atom. The summed E-state index contributed by atoms with van der Waals surface area (Å²) in [6, 6.07) is 8.65. The number of rotatable bonds is 9. The molecule has 3 N–H and O–H groups in total. The molecule has 1 spiro atoms. The van der Waals surface area contributed by atoms with E-state index in [2.05, 4.69) is 10.6 Å². The molecule has 8 nitrogen and oxygen atoms in total. The zero-order chi connectivity index (χ0) is 25.3. The van der Waals surface area contributed by atoms with Crippen molar-refractivity contribution in [2.45, 2.75) is 94.4 Å². The van der Waals surface area contributed by atoms with E-state index in [1.807, 2.05) is 37.3 Å². The van der Waals surface area contributed by atoms with Crippen LogP contribution in [0.15, 0.2) is 30.3 Å². The maximum Gasteiger partial charge on any atom is 0.246 e. The van der Waals surface area contributed by atoms with Gasteiger partial charge in [0.15, 0.2) is 0 Å². The van der Waals surface area contributed by atoms with Crippen LogP contribution in [0, 0.1) is 11.8 Å². The Bertz CT molecular complexity index is 981. The number of amides is 3. The van der Waals surface area contributed by atoms with Gasteiger partial charge in [-0.3, -0.25) is 14.4 Å². The first kappa shape index (κ1) is 25.2. The van der Waals surface area contributed by atoms with Crippen molar-refractivity contribution in [1.29, 1.82) is 0 Å². The summed E-state index contributed by atoms with van der Waals surface area (Å²) in [4.78, 5) is 43.1. The number of para-hydroxylation sites is 1. The van der Waals surface area contributed by atoms with Crippen LogP contribution in [-0.4, -0.2) is 64.2 Å². The van der Waals surface area contributed by atoms with Crippen molar-refractivity contribution in [3.05, 3.63) is 30.3 Å². The highest BCUT2D eigenvalue weighted by atomic mass is 16.5. The summed E-state index contributed by atoms with van der Waals surface area (Å²) >= 11 is 0. The van der Waals surface area contributed by atoms with Gasteiger partial charge in [0.2, 0.25) is 17.7 Å². The summed E-state index contributed by atoms with van der Waals surface area (Å²) in [5.41, 5.74) is -1.09. The van der Waals surface area contributed by atoms with Gasteiger partial charge in [-0.05, 0) is 64.0 Å². The molecule has 0 aromatic heterocycles. The first-order chi connectivity index (χ1) is 17.4. The fourth-order valence-electron chi connectivity index (χ4n) is 7.21. The van der Waals surface area contributed by atoms with E-state index in [-0.39, 0.29) is 30.4 Å². The smallest absolute Gasteiger partial charge is 0.246 e. The van der Waals surface area contributed by atoms with Gasteiger partial charge in [0.05, 0.1) is 17.4 Å². The molecule has 0 radical (unpaired) electrons. The molecule has 3 aliphatic heterocycles. The Morgan fingerprint density at radius 1 is 1.06 bits per heavy atom. The van der Waals surface area contributed by atoms with Crippen molar-refractivity contribution >= 4 is 23.4 Å². The lowest BCUT2D eigenvalue weighted by Gasteiger charge is -2.35. The van der Waals surface area contributed by atoms with Gasteiger partial charge in [-0.25, -0.2) is 0 Å². The molecule has 8 heteroatoms. The predicted octanol–water partition coefficient (Wildman–Crippen LogP) is 3.00. The number of ether oxygens (including phenoxy) is 1. The second-order valence-electron chi connectivity index (χ2n) is 11.2. The van der Waals surface area contributed by atoms with E-state index in [0.29, 0.717) is 37.9 Å². The Hall–Kier alpha value is -2.45. The lowest BCUT2D eigenvalue weighted by molar-refractivity contribution is -0.145. The second kappa shape index (κ2) is 10.1. The lowest BCUT2D eigenvalue weighted by atomic mass is 9.66. The Kier molecular flexibility index (Phi) is 7.10. The quantitative estimate of drug-likeness (QED) is 0.455. The van der Waals surface area contributed by atoms with Crippen LogP contribution in [0.1, 0.15) is 71.1 Å². The van der Waals surface area contributed by atoms with Crippen LogP contribution in [0.25, 0.3) is 0 Å². The molecule has 4 fully saturated rings. The molecule has 2 unspecified atom stereocenters. The number of aliphatic hydroxyl groups is 1. The van der Waals surface area contributed by atoms with Crippen LogP contribution in [0.4, 0.5) is 5.69 Å². The fraction of sp³-hybridized carbons (Fsp3) is 0.679. The number of likely N-dealkylation sites (tertiary alicyclic amines) is 1. The molecule has 36 heavy (non-hydrogen) atoms. The van der Waals surface area contributed by atoms with Crippen molar-refractivity contribution in [2.75, 3.05) is 18.5 Å². The van der Waals surface area contributed by atoms with Crippen molar-refractivity contribution in [1.82, 2.24) is 10.2 Å². The molecule has 1 aliphatic carbocycles. The van der Waals surface area contributed by atoms with E-state index in [0.717, 1.165) is 32.1 Å². The first-order valence-electron chi connectivity index (χ1n) is 13.7. The number of unbranched alkanes of at least 4 members (excludes halogenated alkanes) is 2. The normalized spacial score (nSPS) is 33.6. The van der Waals surface area contributed by atoms with Crippen molar-refractivity contribution in [3.63, 3.8) is 0 Å². The average molecular weight is 498 g/mol. The summed E-state index contributed by atoms with van der Waals surface area (Å²) in [6.07, 6.45) is 8.65. The molecule has 2 bridgehead atoms. The zero-order valence-corrected chi connectivity index (χ0v) is 21.2. The van der Waals surface area contributed by atoms with Crippen LogP contribution in [0.5, 0.6) is 0 Å². The zero-order valence-electron chi connectivity index (χ0n) is 21.2. The Labute approximate surface area is 213 Å². The van der Waals surface area contributed by atoms with Gasteiger partial charge in [0.1, 0.15) is 11.6 Å².